The molecule has 0 aliphatic heterocycles. The number of unbranched alkanes of at least 4 members (excludes halogenated alkanes) is 51. The molecule has 0 aliphatic rings. The van der Waals surface area contributed by atoms with Crippen LogP contribution in [0.3, 0.4) is 0 Å². The highest BCUT2D eigenvalue weighted by Crippen LogP contribution is 2.19. The van der Waals surface area contributed by atoms with Crippen molar-refractivity contribution in [3.8, 4) is 0 Å². The van der Waals surface area contributed by atoms with Gasteiger partial charge in [-0.05, 0) is 44.9 Å². The summed E-state index contributed by atoms with van der Waals surface area (Å²) in [4.78, 5) is 38.4. The molecule has 0 aromatic carbocycles. The number of allylic oxidation sites excluding steroid dienone is 2. The van der Waals surface area contributed by atoms with Crippen LogP contribution in [0.15, 0.2) is 12.2 Å². The van der Waals surface area contributed by atoms with E-state index in [2.05, 4.69) is 32.9 Å². The van der Waals surface area contributed by atoms with E-state index in [1.165, 1.54) is 289 Å². The molecular formula is C69H132O6. The van der Waals surface area contributed by atoms with Crippen LogP contribution >= 0.6 is 0 Å². The van der Waals surface area contributed by atoms with Gasteiger partial charge in [-0.2, -0.15) is 0 Å². The van der Waals surface area contributed by atoms with Gasteiger partial charge in [0.25, 0.3) is 0 Å². The molecule has 0 aromatic heterocycles. The van der Waals surface area contributed by atoms with Gasteiger partial charge in [0.2, 0.25) is 0 Å². The maximum absolute atomic E-state index is 12.9. The van der Waals surface area contributed by atoms with Crippen molar-refractivity contribution in [3.05, 3.63) is 12.2 Å². The Hall–Kier alpha value is -1.85. The molecule has 0 rings (SSSR count). The summed E-state index contributed by atoms with van der Waals surface area (Å²) in [5, 5.41) is 0. The van der Waals surface area contributed by atoms with Crippen LogP contribution in [0, 0.1) is 0 Å². The van der Waals surface area contributed by atoms with E-state index in [1.54, 1.807) is 0 Å². The van der Waals surface area contributed by atoms with Gasteiger partial charge in [0.15, 0.2) is 6.10 Å². The van der Waals surface area contributed by atoms with Crippen molar-refractivity contribution in [1.29, 1.82) is 0 Å². The zero-order valence-corrected chi connectivity index (χ0v) is 51.1. The molecule has 6 nitrogen and oxygen atoms in total. The third kappa shape index (κ3) is 62.9. The Labute approximate surface area is 469 Å². The summed E-state index contributed by atoms with van der Waals surface area (Å²) in [6, 6.07) is 0. The quantitative estimate of drug-likeness (QED) is 0.0261. The third-order valence-corrected chi connectivity index (χ3v) is 15.8. The molecule has 0 N–H and O–H groups in total. The van der Waals surface area contributed by atoms with Crippen LogP contribution < -0.4 is 0 Å². The Morgan fingerprint density at radius 2 is 0.440 bits per heavy atom. The fourth-order valence-corrected chi connectivity index (χ4v) is 10.6. The van der Waals surface area contributed by atoms with E-state index < -0.39 is 6.10 Å². The summed E-state index contributed by atoms with van der Waals surface area (Å²) in [7, 11) is 0. The largest absolute Gasteiger partial charge is 0.462 e. The lowest BCUT2D eigenvalue weighted by atomic mass is 10.0. The number of hydrogen-bond acceptors (Lipinski definition) is 6. The molecule has 0 saturated heterocycles. The van der Waals surface area contributed by atoms with Crippen molar-refractivity contribution < 1.29 is 28.6 Å². The van der Waals surface area contributed by atoms with E-state index in [-0.39, 0.29) is 31.1 Å². The van der Waals surface area contributed by atoms with Crippen LogP contribution in [0.5, 0.6) is 0 Å². The first-order valence-corrected chi connectivity index (χ1v) is 34.2. The van der Waals surface area contributed by atoms with E-state index in [4.69, 9.17) is 14.2 Å². The van der Waals surface area contributed by atoms with Crippen LogP contribution in [0.1, 0.15) is 393 Å². The molecule has 0 spiro atoms. The number of carbonyl (C=O) groups is 3. The Morgan fingerprint density at radius 1 is 0.253 bits per heavy atom. The van der Waals surface area contributed by atoms with Crippen LogP contribution in [0.4, 0.5) is 0 Å². The van der Waals surface area contributed by atoms with E-state index in [9.17, 15) is 14.4 Å². The standard InChI is InChI=1S/C69H132O6/c1-4-7-10-13-16-19-22-25-27-29-31-33-34-36-37-39-41-44-47-50-53-56-59-62-68(71)74-65-66(64-73-67(70)61-58-55-52-49-46-43-24-21-18-15-12-9-6-3)75-69(72)63-60-57-54-51-48-45-42-40-38-35-32-30-28-26-23-20-17-14-11-8-5-2/h21,24,66H,4-20,22-23,25-65H2,1-3H3/b24-21-. The van der Waals surface area contributed by atoms with Crippen molar-refractivity contribution in [3.63, 3.8) is 0 Å². The van der Waals surface area contributed by atoms with Gasteiger partial charge < -0.3 is 14.2 Å². The third-order valence-electron chi connectivity index (χ3n) is 15.8. The molecule has 0 bridgehead atoms. The monoisotopic (exact) mass is 1060 g/mol. The second kappa shape index (κ2) is 64.7. The molecule has 0 radical (unpaired) electrons. The predicted octanol–water partition coefficient (Wildman–Crippen LogP) is 23.2. The molecule has 0 amide bonds. The molecule has 0 aromatic rings. The SMILES string of the molecule is CCCCCC/C=C\CCCCCCCC(=O)OCC(COC(=O)CCCCCCCCCCCCCCCCCCCCCCCCC)OC(=O)CCCCCCCCCCCCCCCCCCCCCCC. The number of hydrogen-bond donors (Lipinski definition) is 0. The van der Waals surface area contributed by atoms with Gasteiger partial charge in [0.05, 0.1) is 0 Å². The summed E-state index contributed by atoms with van der Waals surface area (Å²) in [6.45, 7) is 6.71. The predicted molar refractivity (Wildman–Crippen MR) is 326 cm³/mol. The van der Waals surface area contributed by atoms with Gasteiger partial charge in [-0.3, -0.25) is 14.4 Å². The maximum atomic E-state index is 12.9. The molecule has 0 saturated carbocycles. The van der Waals surface area contributed by atoms with Crippen molar-refractivity contribution in [2.45, 2.75) is 399 Å². The summed E-state index contributed by atoms with van der Waals surface area (Å²) in [6.07, 6.45) is 76.6. The van der Waals surface area contributed by atoms with Crippen molar-refractivity contribution in [1.82, 2.24) is 0 Å². The smallest absolute Gasteiger partial charge is 0.306 e. The number of esters is 3. The molecule has 6 heteroatoms. The topological polar surface area (TPSA) is 78.9 Å². The van der Waals surface area contributed by atoms with Crippen molar-refractivity contribution in [2.24, 2.45) is 0 Å². The number of carbonyl (C=O) groups excluding carboxylic acids is 3. The molecule has 1 unspecified atom stereocenters. The van der Waals surface area contributed by atoms with E-state index in [0.717, 1.165) is 64.2 Å². The highest BCUT2D eigenvalue weighted by atomic mass is 16.6. The lowest BCUT2D eigenvalue weighted by Gasteiger charge is -2.18. The van der Waals surface area contributed by atoms with Gasteiger partial charge in [-0.1, -0.05) is 341 Å². The minimum atomic E-state index is -0.769. The Morgan fingerprint density at radius 3 is 0.680 bits per heavy atom. The first kappa shape index (κ1) is 73.2. The molecule has 1 atom stereocenters. The highest BCUT2D eigenvalue weighted by Gasteiger charge is 2.19. The van der Waals surface area contributed by atoms with E-state index in [1.807, 2.05) is 0 Å². The van der Waals surface area contributed by atoms with Gasteiger partial charge in [-0.15, -0.1) is 0 Å². The Kier molecular flexibility index (Phi) is 63.1. The van der Waals surface area contributed by atoms with Crippen molar-refractivity contribution in [2.75, 3.05) is 13.2 Å². The zero-order chi connectivity index (χ0) is 54.3. The van der Waals surface area contributed by atoms with Gasteiger partial charge in [0.1, 0.15) is 13.2 Å². The molecular weight excluding hydrogens is 925 g/mol. The fraction of sp³-hybridized carbons (Fsp3) is 0.928. The second-order valence-electron chi connectivity index (χ2n) is 23.5. The first-order valence-electron chi connectivity index (χ1n) is 34.2. The van der Waals surface area contributed by atoms with Gasteiger partial charge in [-0.25, -0.2) is 0 Å². The van der Waals surface area contributed by atoms with Crippen LogP contribution in [0.2, 0.25) is 0 Å². The minimum absolute atomic E-state index is 0.0658. The summed E-state index contributed by atoms with van der Waals surface area (Å²) >= 11 is 0. The average Bonchev–Trinajstić information content (AvgIpc) is 3.41. The van der Waals surface area contributed by atoms with Crippen LogP contribution in [0.25, 0.3) is 0 Å². The van der Waals surface area contributed by atoms with Crippen LogP contribution in [-0.4, -0.2) is 37.2 Å². The lowest BCUT2D eigenvalue weighted by Crippen LogP contribution is -2.30. The normalized spacial score (nSPS) is 12.0. The van der Waals surface area contributed by atoms with Gasteiger partial charge in [0, 0.05) is 19.3 Å². The summed E-state index contributed by atoms with van der Waals surface area (Å²) in [5.41, 5.74) is 0. The maximum Gasteiger partial charge on any atom is 0.306 e. The van der Waals surface area contributed by atoms with Gasteiger partial charge >= 0.3 is 17.9 Å². The van der Waals surface area contributed by atoms with E-state index in [0.29, 0.717) is 19.3 Å². The summed E-state index contributed by atoms with van der Waals surface area (Å²) in [5.74, 6) is -0.841. The molecule has 0 fully saturated rings. The van der Waals surface area contributed by atoms with E-state index >= 15 is 0 Å². The Balaban J connectivity index is 4.22. The molecule has 0 aliphatic carbocycles. The average molecular weight is 1060 g/mol. The zero-order valence-electron chi connectivity index (χ0n) is 51.1. The fourth-order valence-electron chi connectivity index (χ4n) is 10.6. The molecule has 444 valence electrons. The highest BCUT2D eigenvalue weighted by molar-refractivity contribution is 5.71. The lowest BCUT2D eigenvalue weighted by molar-refractivity contribution is -0.167. The minimum Gasteiger partial charge on any atom is -0.462 e. The number of rotatable bonds is 64. The van der Waals surface area contributed by atoms with Crippen LogP contribution in [-0.2, 0) is 28.6 Å². The summed E-state index contributed by atoms with van der Waals surface area (Å²) < 4.78 is 17.0. The molecule has 75 heavy (non-hydrogen) atoms. The first-order chi connectivity index (χ1) is 37.0. The number of ether oxygens (including phenoxy) is 3. The van der Waals surface area contributed by atoms with Crippen molar-refractivity contribution >= 4 is 17.9 Å². The molecule has 0 heterocycles. The Bertz CT molecular complexity index is 1170. The second-order valence-corrected chi connectivity index (χ2v) is 23.5.